The van der Waals surface area contributed by atoms with Crippen LogP contribution in [0.3, 0.4) is 0 Å². The second-order valence-electron chi connectivity index (χ2n) is 8.99. The number of aryl methyl sites for hydroxylation is 1. The molecule has 1 atom stereocenters. The molecule has 5 N–H and O–H groups in total. The molecule has 1 aliphatic heterocycles. The molecule has 0 aromatic carbocycles. The average molecular weight is 462 g/mol. The number of nitrogens with two attached hydrogens (primary N) is 1. The number of anilines is 1. The van der Waals surface area contributed by atoms with Gasteiger partial charge in [0.05, 0.1) is 18.4 Å². The first-order valence-corrected chi connectivity index (χ1v) is 11.7. The van der Waals surface area contributed by atoms with Crippen LogP contribution in [0.15, 0.2) is 36.9 Å². The van der Waals surface area contributed by atoms with Crippen LogP contribution in [0.5, 0.6) is 0 Å². The third-order valence-corrected chi connectivity index (χ3v) is 6.44. The second-order valence-corrected chi connectivity index (χ2v) is 8.99. The second kappa shape index (κ2) is 9.49. The molecule has 10 heteroatoms. The Morgan fingerprint density at radius 3 is 2.82 bits per heavy atom. The smallest absolute Gasteiger partial charge is 0.220 e. The highest BCUT2D eigenvalue weighted by Gasteiger charge is 2.19. The lowest BCUT2D eigenvalue weighted by molar-refractivity contribution is 0.0851. The lowest BCUT2D eigenvalue weighted by Crippen LogP contribution is -2.46. The number of aliphatic hydroxyl groups excluding tert-OH is 1. The van der Waals surface area contributed by atoms with Gasteiger partial charge in [-0.3, -0.25) is 10.00 Å². The molecule has 5 rings (SSSR count). The van der Waals surface area contributed by atoms with Crippen LogP contribution in [0.2, 0.25) is 0 Å². The lowest BCUT2D eigenvalue weighted by Gasteiger charge is -2.31. The topological polar surface area (TPSA) is 134 Å². The fourth-order valence-corrected chi connectivity index (χ4v) is 4.50. The van der Waals surface area contributed by atoms with E-state index in [9.17, 15) is 5.11 Å². The van der Waals surface area contributed by atoms with Gasteiger partial charge in [-0.05, 0) is 51.5 Å². The van der Waals surface area contributed by atoms with E-state index in [-0.39, 0.29) is 5.95 Å². The molecular formula is C24H31N9O. The number of pyridine rings is 1. The van der Waals surface area contributed by atoms with Crippen molar-refractivity contribution >= 4 is 17.0 Å². The van der Waals surface area contributed by atoms with Crippen LogP contribution in [-0.2, 0) is 13.0 Å². The molecule has 0 radical (unpaired) electrons. The Hall–Kier alpha value is -3.34. The summed E-state index contributed by atoms with van der Waals surface area (Å²) in [5.74, 6) is 0.265. The zero-order valence-electron chi connectivity index (χ0n) is 19.6. The van der Waals surface area contributed by atoms with Crippen LogP contribution in [0.4, 0.5) is 5.95 Å². The molecule has 1 fully saturated rings. The highest BCUT2D eigenvalue weighted by atomic mass is 16.3. The molecule has 0 aliphatic carbocycles. The molecule has 0 bridgehead atoms. The van der Waals surface area contributed by atoms with Crippen molar-refractivity contribution in [3.63, 3.8) is 0 Å². The van der Waals surface area contributed by atoms with Gasteiger partial charge < -0.3 is 20.7 Å². The molecule has 4 aromatic heterocycles. The third kappa shape index (κ3) is 4.79. The quantitative estimate of drug-likeness (QED) is 0.307. The van der Waals surface area contributed by atoms with Crippen LogP contribution in [0.25, 0.3) is 33.4 Å². The Balaban J connectivity index is 1.34. The SMILES string of the molecule is CCc1cc(-c2c[nH]c3ncc(-c4cnn(CC(O)NC5CCN(C)CC5)c4)cc23)nc(N)n1. The van der Waals surface area contributed by atoms with E-state index in [1.165, 1.54) is 0 Å². The fourth-order valence-electron chi connectivity index (χ4n) is 4.50. The van der Waals surface area contributed by atoms with Gasteiger partial charge in [0.1, 0.15) is 11.9 Å². The number of hydrogen-bond acceptors (Lipinski definition) is 8. The van der Waals surface area contributed by atoms with Crippen LogP contribution < -0.4 is 11.1 Å². The van der Waals surface area contributed by atoms with Crippen molar-refractivity contribution in [2.24, 2.45) is 0 Å². The number of nitrogen functional groups attached to an aromatic ring is 1. The molecule has 4 aromatic rings. The summed E-state index contributed by atoms with van der Waals surface area (Å²) in [4.78, 5) is 18.8. The van der Waals surface area contributed by atoms with E-state index in [4.69, 9.17) is 5.73 Å². The lowest BCUT2D eigenvalue weighted by atomic mass is 10.1. The van der Waals surface area contributed by atoms with Crippen LogP contribution in [0, 0.1) is 0 Å². The summed E-state index contributed by atoms with van der Waals surface area (Å²) in [6.07, 6.45) is 9.68. The summed E-state index contributed by atoms with van der Waals surface area (Å²) in [6, 6.07) is 4.37. The summed E-state index contributed by atoms with van der Waals surface area (Å²) in [5.41, 5.74) is 11.2. The van der Waals surface area contributed by atoms with E-state index in [2.05, 4.69) is 48.4 Å². The Morgan fingerprint density at radius 1 is 1.21 bits per heavy atom. The van der Waals surface area contributed by atoms with E-state index < -0.39 is 6.23 Å². The van der Waals surface area contributed by atoms with Crippen molar-refractivity contribution < 1.29 is 5.11 Å². The molecule has 0 spiro atoms. The van der Waals surface area contributed by atoms with E-state index in [0.29, 0.717) is 12.6 Å². The first-order chi connectivity index (χ1) is 16.5. The zero-order chi connectivity index (χ0) is 23.7. The van der Waals surface area contributed by atoms with Crippen LogP contribution in [-0.4, -0.2) is 72.1 Å². The maximum absolute atomic E-state index is 10.5. The van der Waals surface area contributed by atoms with Crippen molar-refractivity contribution in [3.05, 3.63) is 42.6 Å². The fraction of sp³-hybridized carbons (Fsp3) is 0.417. The molecule has 1 unspecified atom stereocenters. The number of piperidine rings is 1. The van der Waals surface area contributed by atoms with Gasteiger partial charge in [0.15, 0.2) is 0 Å². The van der Waals surface area contributed by atoms with Gasteiger partial charge in [-0.1, -0.05) is 6.92 Å². The Morgan fingerprint density at radius 2 is 2.03 bits per heavy atom. The van der Waals surface area contributed by atoms with Crippen LogP contribution >= 0.6 is 0 Å². The summed E-state index contributed by atoms with van der Waals surface area (Å²) < 4.78 is 1.77. The number of fused-ring (bicyclic) bond motifs is 1. The Kier molecular flexibility index (Phi) is 6.27. The number of hydrogen-bond donors (Lipinski definition) is 4. The molecule has 10 nitrogen and oxygen atoms in total. The van der Waals surface area contributed by atoms with E-state index in [1.807, 2.05) is 31.6 Å². The molecule has 0 amide bonds. The van der Waals surface area contributed by atoms with Crippen molar-refractivity contribution in [3.8, 4) is 22.4 Å². The molecule has 34 heavy (non-hydrogen) atoms. The van der Waals surface area contributed by atoms with Crippen molar-refractivity contribution in [1.29, 1.82) is 0 Å². The summed E-state index contributed by atoms with van der Waals surface area (Å²) >= 11 is 0. The first-order valence-electron chi connectivity index (χ1n) is 11.7. The van der Waals surface area contributed by atoms with E-state index in [1.54, 1.807) is 10.9 Å². The van der Waals surface area contributed by atoms with Gasteiger partial charge >= 0.3 is 0 Å². The molecule has 178 valence electrons. The maximum Gasteiger partial charge on any atom is 0.220 e. The molecule has 1 aliphatic rings. The first kappa shape index (κ1) is 22.5. The van der Waals surface area contributed by atoms with Gasteiger partial charge in [0, 0.05) is 52.4 Å². The van der Waals surface area contributed by atoms with Crippen molar-refractivity contribution in [2.45, 2.75) is 45.0 Å². The normalized spacial score (nSPS) is 16.3. The van der Waals surface area contributed by atoms with E-state index in [0.717, 1.165) is 71.5 Å². The molecule has 5 heterocycles. The Bertz CT molecular complexity index is 1270. The number of H-pyrrole nitrogens is 1. The standard InChI is InChI=1S/C24H31N9O/c1-3-17-9-21(31-24(25)30-17)20-12-27-23-19(20)8-15(10-26-23)16-11-28-33(13-16)14-22(34)29-18-4-6-32(2)7-5-18/h8-13,18,22,29,34H,3-7,14H2,1-2H3,(H,26,27)(H2,25,30,31). The van der Waals surface area contributed by atoms with Crippen molar-refractivity contribution in [2.75, 3.05) is 25.9 Å². The van der Waals surface area contributed by atoms with Crippen molar-refractivity contribution in [1.82, 2.24) is 39.9 Å². The largest absolute Gasteiger partial charge is 0.377 e. The summed E-state index contributed by atoms with van der Waals surface area (Å²) in [7, 11) is 2.13. The Labute approximate surface area is 198 Å². The highest BCUT2D eigenvalue weighted by molar-refractivity contribution is 5.95. The number of aliphatic hydroxyl groups is 1. The average Bonchev–Trinajstić information content (AvgIpc) is 3.46. The maximum atomic E-state index is 10.5. The van der Waals surface area contributed by atoms with Gasteiger partial charge in [-0.2, -0.15) is 5.10 Å². The monoisotopic (exact) mass is 461 g/mol. The third-order valence-electron chi connectivity index (χ3n) is 6.44. The predicted octanol–water partition coefficient (Wildman–Crippen LogP) is 2.03. The van der Waals surface area contributed by atoms with Gasteiger partial charge in [0.2, 0.25) is 5.95 Å². The van der Waals surface area contributed by atoms with E-state index >= 15 is 0 Å². The number of aromatic nitrogens is 6. The minimum Gasteiger partial charge on any atom is -0.377 e. The minimum absolute atomic E-state index is 0.265. The van der Waals surface area contributed by atoms with Gasteiger partial charge in [0.25, 0.3) is 0 Å². The number of nitrogens with zero attached hydrogens (tertiary/aromatic N) is 6. The zero-order valence-corrected chi connectivity index (χ0v) is 19.6. The number of rotatable bonds is 7. The number of likely N-dealkylation sites (tertiary alicyclic amines) is 1. The van der Waals surface area contributed by atoms with Gasteiger partial charge in [-0.25, -0.2) is 15.0 Å². The number of nitrogens with one attached hydrogen (secondary N) is 2. The molecule has 0 saturated carbocycles. The van der Waals surface area contributed by atoms with Gasteiger partial charge in [-0.15, -0.1) is 0 Å². The summed E-state index contributed by atoms with van der Waals surface area (Å²) in [5, 5.41) is 19.3. The molecular weight excluding hydrogens is 430 g/mol. The minimum atomic E-state index is -0.644. The highest BCUT2D eigenvalue weighted by Crippen LogP contribution is 2.30. The predicted molar refractivity (Wildman–Crippen MR) is 132 cm³/mol. The molecule has 1 saturated heterocycles. The summed E-state index contributed by atoms with van der Waals surface area (Å²) in [6.45, 7) is 4.53. The number of aromatic amines is 1. The van der Waals surface area contributed by atoms with Crippen LogP contribution in [0.1, 0.15) is 25.5 Å².